The Balaban J connectivity index is 2.00. The van der Waals surface area contributed by atoms with E-state index in [9.17, 15) is 14.7 Å². The highest BCUT2D eigenvalue weighted by molar-refractivity contribution is 5.92. The molecule has 6 heteroatoms. The van der Waals surface area contributed by atoms with Crippen molar-refractivity contribution in [1.29, 1.82) is 5.26 Å². The van der Waals surface area contributed by atoms with Crippen LogP contribution >= 0.6 is 0 Å². The van der Waals surface area contributed by atoms with E-state index in [1.165, 1.54) is 11.8 Å². The largest absolute Gasteiger partial charge is 0.508 e. The van der Waals surface area contributed by atoms with Crippen molar-refractivity contribution >= 4 is 11.9 Å². The van der Waals surface area contributed by atoms with E-state index in [4.69, 9.17) is 10.00 Å². The number of ether oxygens (including phenoxy) is 1. The zero-order valence-electron chi connectivity index (χ0n) is 14.7. The van der Waals surface area contributed by atoms with E-state index >= 15 is 0 Å². The van der Waals surface area contributed by atoms with Gasteiger partial charge in [0.15, 0.2) is 6.10 Å². The Morgan fingerprint density at radius 1 is 1.12 bits per heavy atom. The minimum Gasteiger partial charge on any atom is -0.508 e. The van der Waals surface area contributed by atoms with E-state index in [0.29, 0.717) is 12.1 Å². The second kappa shape index (κ2) is 8.67. The summed E-state index contributed by atoms with van der Waals surface area (Å²) in [5.41, 5.74) is 2.14. The van der Waals surface area contributed by atoms with Gasteiger partial charge in [-0.2, -0.15) is 5.26 Å². The topological polar surface area (TPSA) is 90.6 Å². The van der Waals surface area contributed by atoms with Crippen molar-refractivity contribution < 1.29 is 19.4 Å². The van der Waals surface area contributed by atoms with Crippen LogP contribution in [0.15, 0.2) is 48.5 Å². The molecule has 2 aromatic rings. The molecule has 26 heavy (non-hydrogen) atoms. The van der Waals surface area contributed by atoms with Gasteiger partial charge in [-0.3, -0.25) is 4.79 Å². The summed E-state index contributed by atoms with van der Waals surface area (Å²) in [5, 5.41) is 17.9. The van der Waals surface area contributed by atoms with Gasteiger partial charge < -0.3 is 14.7 Å². The molecule has 0 bridgehead atoms. The molecule has 0 aliphatic carbocycles. The number of amides is 1. The van der Waals surface area contributed by atoms with E-state index in [1.807, 2.05) is 6.07 Å². The number of hydrogen-bond donors (Lipinski definition) is 1. The van der Waals surface area contributed by atoms with Gasteiger partial charge in [0.25, 0.3) is 5.91 Å². The molecule has 0 aliphatic heterocycles. The molecule has 6 nitrogen and oxygen atoms in total. The summed E-state index contributed by atoms with van der Waals surface area (Å²) in [6.45, 7) is 1.80. The number of aromatic hydroxyl groups is 1. The van der Waals surface area contributed by atoms with Gasteiger partial charge >= 0.3 is 5.97 Å². The van der Waals surface area contributed by atoms with Crippen LogP contribution in [-0.2, 0) is 9.53 Å². The van der Waals surface area contributed by atoms with Gasteiger partial charge in [0, 0.05) is 13.6 Å². The summed E-state index contributed by atoms with van der Waals surface area (Å²) in [4.78, 5) is 25.7. The van der Waals surface area contributed by atoms with Crippen LogP contribution in [0.5, 0.6) is 5.75 Å². The van der Waals surface area contributed by atoms with Crippen LogP contribution in [0.25, 0.3) is 11.1 Å². The lowest BCUT2D eigenvalue weighted by Crippen LogP contribution is -2.37. The minimum absolute atomic E-state index is 0.187. The highest BCUT2D eigenvalue weighted by Gasteiger charge is 2.22. The molecule has 0 spiro atoms. The first kappa shape index (κ1) is 19.0. The number of nitrogens with zero attached hydrogens (tertiary/aromatic N) is 2. The lowest BCUT2D eigenvalue weighted by molar-refractivity contribution is -0.138. The molecule has 0 aromatic heterocycles. The molecule has 134 valence electrons. The second-order valence-electron chi connectivity index (χ2n) is 5.84. The first-order chi connectivity index (χ1) is 12.4. The normalized spacial score (nSPS) is 11.3. The highest BCUT2D eigenvalue weighted by Crippen LogP contribution is 2.22. The number of rotatable bonds is 6. The number of carbonyl (C=O) groups excluding carboxylic acids is 2. The van der Waals surface area contributed by atoms with E-state index in [-0.39, 0.29) is 18.1 Å². The molecular weight excluding hydrogens is 332 g/mol. The lowest BCUT2D eigenvalue weighted by atomic mass is 10.0. The number of phenols is 1. The van der Waals surface area contributed by atoms with Crippen LogP contribution in [0.4, 0.5) is 0 Å². The summed E-state index contributed by atoms with van der Waals surface area (Å²) >= 11 is 0. The summed E-state index contributed by atoms with van der Waals surface area (Å²) in [6, 6.07) is 15.5. The van der Waals surface area contributed by atoms with Crippen LogP contribution in [0.3, 0.4) is 0 Å². The van der Waals surface area contributed by atoms with Gasteiger partial charge in [0.2, 0.25) is 0 Å². The number of likely N-dealkylation sites (N-methyl/N-ethyl adjacent to an activating group) is 1. The maximum Gasteiger partial charge on any atom is 0.338 e. The standard InChI is InChI=1S/C20H20N2O4/c1-14(19(24)22(2)13-3-12-21)26-20(25)17-6-4-15(5-7-17)16-8-10-18(23)11-9-16/h4-11,14,23H,3,13H2,1-2H3/t14-/m1/s1. The van der Waals surface area contributed by atoms with Gasteiger partial charge in [-0.25, -0.2) is 4.79 Å². The van der Waals surface area contributed by atoms with E-state index < -0.39 is 12.1 Å². The summed E-state index contributed by atoms with van der Waals surface area (Å²) in [7, 11) is 1.57. The van der Waals surface area contributed by atoms with Crippen LogP contribution in [0.2, 0.25) is 0 Å². The monoisotopic (exact) mass is 352 g/mol. The predicted molar refractivity (Wildman–Crippen MR) is 96.3 cm³/mol. The number of esters is 1. The Morgan fingerprint density at radius 2 is 1.65 bits per heavy atom. The maximum absolute atomic E-state index is 12.2. The van der Waals surface area contributed by atoms with E-state index in [0.717, 1.165) is 11.1 Å². The van der Waals surface area contributed by atoms with Gasteiger partial charge in [0.1, 0.15) is 5.75 Å². The Labute approximate surface area is 152 Å². The SMILES string of the molecule is C[C@@H](OC(=O)c1ccc(-c2ccc(O)cc2)cc1)C(=O)N(C)CCC#N. The van der Waals surface area contributed by atoms with Crippen LogP contribution < -0.4 is 0 Å². The molecule has 0 fully saturated rings. The first-order valence-corrected chi connectivity index (χ1v) is 8.14. The third kappa shape index (κ3) is 4.84. The zero-order chi connectivity index (χ0) is 19.1. The molecule has 0 unspecified atom stereocenters. The second-order valence-corrected chi connectivity index (χ2v) is 5.84. The maximum atomic E-state index is 12.2. The van der Waals surface area contributed by atoms with E-state index in [1.54, 1.807) is 55.6 Å². The molecule has 2 aromatic carbocycles. The van der Waals surface area contributed by atoms with Crippen molar-refractivity contribution in [3.05, 3.63) is 54.1 Å². The molecule has 0 radical (unpaired) electrons. The summed E-state index contributed by atoms with van der Waals surface area (Å²) in [6.07, 6.45) is -0.704. The van der Waals surface area contributed by atoms with Gasteiger partial charge in [-0.1, -0.05) is 24.3 Å². The fourth-order valence-corrected chi connectivity index (χ4v) is 2.37. The van der Waals surface area contributed by atoms with Crippen molar-refractivity contribution in [3.63, 3.8) is 0 Å². The third-order valence-corrected chi connectivity index (χ3v) is 3.89. The van der Waals surface area contributed by atoms with Gasteiger partial charge in [-0.05, 0) is 42.3 Å². The number of nitriles is 1. The molecule has 0 aliphatic rings. The van der Waals surface area contributed by atoms with Crippen molar-refractivity contribution in [2.45, 2.75) is 19.4 Å². The number of hydrogen-bond acceptors (Lipinski definition) is 5. The lowest BCUT2D eigenvalue weighted by Gasteiger charge is -2.20. The first-order valence-electron chi connectivity index (χ1n) is 8.14. The number of phenolic OH excluding ortho intramolecular Hbond substituents is 1. The molecule has 0 heterocycles. The van der Waals surface area contributed by atoms with Crippen LogP contribution in [-0.4, -0.2) is 41.6 Å². The van der Waals surface area contributed by atoms with E-state index in [2.05, 4.69) is 0 Å². The third-order valence-electron chi connectivity index (χ3n) is 3.89. The smallest absolute Gasteiger partial charge is 0.338 e. The molecule has 1 N–H and O–H groups in total. The Kier molecular flexibility index (Phi) is 6.34. The molecule has 1 amide bonds. The average molecular weight is 352 g/mol. The number of carbonyl (C=O) groups is 2. The molecular formula is C20H20N2O4. The van der Waals surface area contributed by atoms with Crippen LogP contribution in [0, 0.1) is 11.3 Å². The predicted octanol–water partition coefficient (Wildman–Crippen LogP) is 2.98. The van der Waals surface area contributed by atoms with Crippen molar-refractivity contribution in [3.8, 4) is 22.9 Å². The van der Waals surface area contributed by atoms with Crippen molar-refractivity contribution in [2.24, 2.45) is 0 Å². The Bertz CT molecular complexity index is 807. The fourth-order valence-electron chi connectivity index (χ4n) is 2.37. The zero-order valence-corrected chi connectivity index (χ0v) is 14.7. The van der Waals surface area contributed by atoms with Crippen LogP contribution in [0.1, 0.15) is 23.7 Å². The highest BCUT2D eigenvalue weighted by atomic mass is 16.5. The summed E-state index contributed by atoms with van der Waals surface area (Å²) < 4.78 is 5.21. The van der Waals surface area contributed by atoms with Gasteiger partial charge in [-0.15, -0.1) is 0 Å². The fraction of sp³-hybridized carbons (Fsp3) is 0.250. The molecule has 2 rings (SSSR count). The average Bonchev–Trinajstić information content (AvgIpc) is 2.66. The van der Waals surface area contributed by atoms with Gasteiger partial charge in [0.05, 0.1) is 18.1 Å². The Morgan fingerprint density at radius 3 is 2.19 bits per heavy atom. The minimum atomic E-state index is -0.928. The summed E-state index contributed by atoms with van der Waals surface area (Å²) in [5.74, 6) is -0.751. The molecule has 1 atom stereocenters. The van der Waals surface area contributed by atoms with Crippen molar-refractivity contribution in [2.75, 3.05) is 13.6 Å². The quantitative estimate of drug-likeness (QED) is 0.807. The molecule has 0 saturated heterocycles. The Hall–Kier alpha value is -3.33. The van der Waals surface area contributed by atoms with Crippen molar-refractivity contribution in [1.82, 2.24) is 4.90 Å². The molecule has 0 saturated carbocycles. The number of benzene rings is 2.